The summed E-state index contributed by atoms with van der Waals surface area (Å²) in [5.74, 6) is 0. The third-order valence-electron chi connectivity index (χ3n) is 21.1. The fraction of sp³-hybridized carbons (Fsp3) is 0. The largest absolute Gasteiger partial charge is 0.353 e. The van der Waals surface area contributed by atoms with Crippen LogP contribution in [-0.2, 0) is 0 Å². The number of rotatable bonds is 4. The van der Waals surface area contributed by atoms with Gasteiger partial charge in [0.15, 0.2) is 0 Å². The highest BCUT2D eigenvalue weighted by atomic mass is 35.5. The SMILES string of the molecule is Clc1ccc(-c2c3nc(c(-c4ccc(Cl)cc4)c4[nH]c(c(-c5ccc(Cl)cc5)c5nc(c(-c6ccc(Cl)cc6)c6[nH]c2c2c7ccccc7c7ccccc7c62)-c2c-5c5ccccc5c5ccccc25)c2c5ccccc5c5ccccc5c42)-c2c-3c3ccccc3c3ccccc23)cc1. The summed E-state index contributed by atoms with van der Waals surface area (Å²) >= 11 is 28.4. The minimum absolute atomic E-state index is 0.619. The van der Waals surface area contributed by atoms with Crippen molar-refractivity contribution in [2.75, 3.05) is 0 Å². The second-order valence-corrected chi connectivity index (χ2v) is 28.0. The van der Waals surface area contributed by atoms with Crippen molar-refractivity contribution in [2.45, 2.75) is 0 Å². The number of aromatic nitrogens is 4. The van der Waals surface area contributed by atoms with Gasteiger partial charge >= 0.3 is 0 Å². The van der Waals surface area contributed by atoms with Crippen LogP contribution in [0.4, 0.5) is 0 Å². The number of halogens is 4. The average molecular weight is 1350 g/mol. The van der Waals surface area contributed by atoms with Crippen LogP contribution in [0.2, 0.25) is 20.1 Å². The summed E-state index contributed by atoms with van der Waals surface area (Å²) in [7, 11) is 0. The molecule has 18 aromatic rings. The van der Waals surface area contributed by atoms with Gasteiger partial charge in [0.25, 0.3) is 0 Å². The molecule has 2 N–H and O–H groups in total. The maximum atomic E-state index is 7.10. The van der Waals surface area contributed by atoms with Crippen molar-refractivity contribution in [3.8, 4) is 89.5 Å². The van der Waals surface area contributed by atoms with Crippen LogP contribution in [-0.4, -0.2) is 19.9 Å². The molecule has 0 spiro atoms. The topological polar surface area (TPSA) is 57.4 Å². The van der Waals surface area contributed by atoms with E-state index in [-0.39, 0.29) is 0 Å². The van der Waals surface area contributed by atoms with E-state index in [1.807, 2.05) is 48.5 Å². The molecule has 100 heavy (non-hydrogen) atoms. The van der Waals surface area contributed by atoms with Crippen LogP contribution in [0.15, 0.2) is 291 Å². The summed E-state index contributed by atoms with van der Waals surface area (Å²) in [5, 5.41) is 24.1. The van der Waals surface area contributed by atoms with Gasteiger partial charge in [0.1, 0.15) is 0 Å². The van der Waals surface area contributed by atoms with Gasteiger partial charge < -0.3 is 9.97 Å². The quantitative estimate of drug-likeness (QED) is 0.173. The van der Waals surface area contributed by atoms with Gasteiger partial charge in [-0.1, -0.05) is 289 Å². The summed E-state index contributed by atoms with van der Waals surface area (Å²) in [6.07, 6.45) is 0. The first-order valence-electron chi connectivity index (χ1n) is 33.6. The number of nitrogens with zero attached hydrogens (tertiary/aromatic N) is 2. The number of fused-ring (bicyclic) bond motifs is 12. The zero-order chi connectivity index (χ0) is 66.2. The zero-order valence-electron chi connectivity index (χ0n) is 53.1. The summed E-state index contributed by atoms with van der Waals surface area (Å²) in [5.41, 5.74) is 18.0. The van der Waals surface area contributed by atoms with Crippen LogP contribution in [0.25, 0.3) is 219 Å². The van der Waals surface area contributed by atoms with E-state index >= 15 is 0 Å². The van der Waals surface area contributed by atoms with Gasteiger partial charge in [0.05, 0.1) is 44.8 Å². The van der Waals surface area contributed by atoms with E-state index in [1.165, 1.54) is 0 Å². The highest BCUT2D eigenvalue weighted by molar-refractivity contribution is 6.41. The standard InChI is InChI=1S/C92H50Cl4N4/c93-53-41-33-49(34-42-53)73-85-77-65-25-9-1-17-57(65)58-18-2-10-26-66(58)78(77)86(97-85)74(50-35-43-54(94)44-36-50)88-81-69-29-13-5-21-61(69)62-22-6-14-30-70(62)82(81)90(99-88)76(52-39-47-56(96)48-40-52)92-84-72-32-16-8-24-64(72)63-23-7-15-31-71(63)83(84)91(100-92)75(51-37-45-55(95)46-38-51)89-80-68-28-12-4-20-60(68)59-19-3-11-27-67(59)79(80)87(73)98-89/h1-48,97,100H. The molecule has 3 aliphatic rings. The molecule has 4 nitrogen and oxygen atoms in total. The molecule has 4 heterocycles. The van der Waals surface area contributed by atoms with Crippen molar-refractivity contribution >= 4 is 176 Å². The summed E-state index contributed by atoms with van der Waals surface area (Å²) < 4.78 is 0. The molecule has 0 amide bonds. The molecule has 8 heteroatoms. The molecule has 2 aliphatic heterocycles. The molecule has 0 saturated heterocycles. The normalized spacial score (nSPS) is 12.2. The monoisotopic (exact) mass is 1350 g/mol. The first kappa shape index (κ1) is 57.5. The summed E-state index contributed by atoms with van der Waals surface area (Å²) in [6.45, 7) is 0. The van der Waals surface area contributed by atoms with Gasteiger partial charge in [-0.2, -0.15) is 0 Å². The Labute approximate surface area is 592 Å². The lowest BCUT2D eigenvalue weighted by Crippen LogP contribution is -1.90. The number of benzene rings is 16. The number of aromatic amines is 2. The van der Waals surface area contributed by atoms with Crippen LogP contribution in [0, 0.1) is 0 Å². The number of hydrogen-bond acceptors (Lipinski definition) is 2. The van der Waals surface area contributed by atoms with Crippen LogP contribution in [0.1, 0.15) is 0 Å². The van der Waals surface area contributed by atoms with Crippen molar-refractivity contribution in [1.82, 2.24) is 19.9 Å². The minimum atomic E-state index is 0.619. The van der Waals surface area contributed by atoms with Crippen molar-refractivity contribution in [1.29, 1.82) is 0 Å². The Hall–Kier alpha value is -11.6. The van der Waals surface area contributed by atoms with Crippen molar-refractivity contribution < 1.29 is 0 Å². The van der Waals surface area contributed by atoms with Crippen molar-refractivity contribution in [2.24, 2.45) is 0 Å². The highest BCUT2D eigenvalue weighted by Gasteiger charge is 2.35. The maximum Gasteiger partial charge on any atom is 0.0822 e. The van der Waals surface area contributed by atoms with Gasteiger partial charge in [0.2, 0.25) is 0 Å². The van der Waals surface area contributed by atoms with Gasteiger partial charge in [-0.05, 0) is 157 Å². The Balaban J connectivity index is 1.18. The Bertz CT molecular complexity index is 6200. The van der Waals surface area contributed by atoms with Crippen molar-refractivity contribution in [3.63, 3.8) is 0 Å². The number of H-pyrrole nitrogens is 2. The van der Waals surface area contributed by atoms with Crippen molar-refractivity contribution in [3.05, 3.63) is 311 Å². The minimum Gasteiger partial charge on any atom is -0.353 e. The lowest BCUT2D eigenvalue weighted by molar-refractivity contribution is 1.40. The van der Waals surface area contributed by atoms with Crippen LogP contribution < -0.4 is 0 Å². The second kappa shape index (κ2) is 22.0. The Kier molecular flexibility index (Phi) is 12.6. The molecule has 16 aromatic carbocycles. The predicted octanol–water partition coefficient (Wildman–Crippen LogP) is 27.8. The molecule has 1 aliphatic carbocycles. The van der Waals surface area contributed by atoms with Crippen LogP contribution in [0.3, 0.4) is 0 Å². The molecule has 0 radical (unpaired) electrons. The lowest BCUT2D eigenvalue weighted by Gasteiger charge is -2.15. The molecule has 466 valence electrons. The lowest BCUT2D eigenvalue weighted by atomic mass is 9.85. The first-order chi connectivity index (χ1) is 49.3. The fourth-order valence-electron chi connectivity index (χ4n) is 17.1. The predicted molar refractivity (Wildman–Crippen MR) is 427 cm³/mol. The Morgan fingerprint density at radius 2 is 0.330 bits per heavy atom. The van der Waals surface area contributed by atoms with Crippen LogP contribution >= 0.6 is 46.4 Å². The van der Waals surface area contributed by atoms with Gasteiger partial charge in [-0.15, -0.1) is 0 Å². The third-order valence-corrected chi connectivity index (χ3v) is 22.1. The van der Waals surface area contributed by atoms with E-state index in [4.69, 9.17) is 56.4 Å². The van der Waals surface area contributed by atoms with Gasteiger partial charge in [0, 0.05) is 86.1 Å². The zero-order valence-corrected chi connectivity index (χ0v) is 56.1. The second-order valence-electron chi connectivity index (χ2n) is 26.3. The Morgan fingerprint density at radius 3 is 0.520 bits per heavy atom. The number of hydrogen-bond donors (Lipinski definition) is 2. The third kappa shape index (κ3) is 8.25. The van der Waals surface area contributed by atoms with Gasteiger partial charge in [-0.25, -0.2) is 9.97 Å². The highest BCUT2D eigenvalue weighted by Crippen LogP contribution is 2.59. The molecule has 21 rings (SSSR count). The molecule has 8 bridgehead atoms. The Morgan fingerprint density at radius 1 is 0.170 bits per heavy atom. The van der Waals surface area contributed by atoms with E-state index in [0.29, 0.717) is 20.1 Å². The van der Waals surface area contributed by atoms with E-state index in [1.54, 1.807) is 0 Å². The van der Waals surface area contributed by atoms with Gasteiger partial charge in [-0.3, -0.25) is 0 Å². The van der Waals surface area contributed by atoms with E-state index < -0.39 is 0 Å². The first-order valence-corrected chi connectivity index (χ1v) is 35.1. The maximum absolute atomic E-state index is 7.10. The van der Waals surface area contributed by atoms with Crippen LogP contribution in [0.5, 0.6) is 0 Å². The summed E-state index contributed by atoms with van der Waals surface area (Å²) in [4.78, 5) is 22.0. The molecule has 0 unspecified atom stereocenters. The molecular weight excluding hydrogens is 1300 g/mol. The van der Waals surface area contributed by atoms with E-state index in [2.05, 4.69) is 253 Å². The molecular formula is C92H50Cl4N4. The number of nitrogens with one attached hydrogen (secondary N) is 2. The van der Waals surface area contributed by atoms with E-state index in [0.717, 1.165) is 219 Å². The smallest absolute Gasteiger partial charge is 0.0822 e. The average Bonchev–Trinajstić information content (AvgIpc) is 1.53. The fourth-order valence-corrected chi connectivity index (χ4v) is 17.6. The molecule has 0 fully saturated rings. The summed E-state index contributed by atoms with van der Waals surface area (Å²) in [6, 6.07) is 104. The molecule has 0 atom stereocenters. The molecule has 0 saturated carbocycles. The van der Waals surface area contributed by atoms with E-state index in [9.17, 15) is 0 Å². The molecule has 2 aromatic heterocycles.